The van der Waals surface area contributed by atoms with Crippen molar-refractivity contribution in [3.8, 4) is 22.6 Å². The molecule has 0 heterocycles. The second-order valence-electron chi connectivity index (χ2n) is 4.39. The van der Waals surface area contributed by atoms with Crippen LogP contribution in [0.25, 0.3) is 11.1 Å². The average molecular weight is 325 g/mol. The van der Waals surface area contributed by atoms with Crippen LogP contribution in [-0.4, -0.2) is 0 Å². The number of benzene rings is 3. The van der Waals surface area contributed by atoms with Gasteiger partial charge in [-0.2, -0.15) is 0 Å². The van der Waals surface area contributed by atoms with E-state index in [0.29, 0.717) is 0 Å². The minimum Gasteiger partial charge on any atom is -0.456 e. The number of hydrogen-bond donors (Lipinski definition) is 0. The van der Waals surface area contributed by atoms with Crippen molar-refractivity contribution in [1.82, 2.24) is 0 Å². The van der Waals surface area contributed by atoms with Crippen LogP contribution in [-0.2, 0) is 0 Å². The molecule has 98 valence electrons. The van der Waals surface area contributed by atoms with E-state index in [-0.39, 0.29) is 0 Å². The first-order valence-electron chi connectivity index (χ1n) is 6.41. The van der Waals surface area contributed by atoms with Crippen molar-refractivity contribution in [2.75, 3.05) is 0 Å². The minimum atomic E-state index is 0.816. The van der Waals surface area contributed by atoms with Gasteiger partial charge in [-0.15, -0.1) is 0 Å². The molecule has 0 aliphatic carbocycles. The number of ether oxygens (including phenoxy) is 1. The molecular weight excluding hydrogens is 312 g/mol. The lowest BCUT2D eigenvalue weighted by molar-refractivity contribution is 0.481. The van der Waals surface area contributed by atoms with Crippen molar-refractivity contribution in [3.05, 3.63) is 83.3 Å². The maximum Gasteiger partial charge on any atom is 0.141 e. The minimum absolute atomic E-state index is 0.816. The molecule has 2 heteroatoms. The second kappa shape index (κ2) is 5.93. The van der Waals surface area contributed by atoms with E-state index in [9.17, 15) is 0 Å². The molecule has 3 aromatic carbocycles. The zero-order valence-electron chi connectivity index (χ0n) is 10.8. The van der Waals surface area contributed by atoms with Crippen molar-refractivity contribution >= 4 is 15.9 Å². The average Bonchev–Trinajstić information content (AvgIpc) is 2.51. The predicted octanol–water partition coefficient (Wildman–Crippen LogP) is 5.91. The molecule has 0 bridgehead atoms. The molecule has 0 unspecified atom stereocenters. The van der Waals surface area contributed by atoms with E-state index in [0.717, 1.165) is 27.1 Å². The van der Waals surface area contributed by atoms with Gasteiger partial charge in [-0.25, -0.2) is 0 Å². The highest BCUT2D eigenvalue weighted by atomic mass is 79.9. The van der Waals surface area contributed by atoms with Crippen LogP contribution in [0.4, 0.5) is 0 Å². The zero-order chi connectivity index (χ0) is 13.8. The quantitative estimate of drug-likeness (QED) is 0.582. The van der Waals surface area contributed by atoms with Crippen LogP contribution in [0.15, 0.2) is 83.3 Å². The molecule has 1 nitrogen and oxygen atoms in total. The topological polar surface area (TPSA) is 9.23 Å². The van der Waals surface area contributed by atoms with Gasteiger partial charge in [0.25, 0.3) is 0 Å². The Morgan fingerprint density at radius 1 is 0.600 bits per heavy atom. The van der Waals surface area contributed by atoms with Crippen molar-refractivity contribution in [3.63, 3.8) is 0 Å². The van der Waals surface area contributed by atoms with Crippen molar-refractivity contribution in [2.24, 2.45) is 0 Å². The third-order valence-electron chi connectivity index (χ3n) is 3.03. The maximum atomic E-state index is 6.05. The van der Waals surface area contributed by atoms with E-state index in [2.05, 4.69) is 34.1 Å². The highest BCUT2D eigenvalue weighted by molar-refractivity contribution is 9.10. The molecule has 3 rings (SSSR count). The van der Waals surface area contributed by atoms with E-state index in [1.165, 1.54) is 0 Å². The molecule has 3 aromatic rings. The molecule has 20 heavy (non-hydrogen) atoms. The Morgan fingerprint density at radius 2 is 1.20 bits per heavy atom. The van der Waals surface area contributed by atoms with E-state index in [1.54, 1.807) is 0 Å². The van der Waals surface area contributed by atoms with Gasteiger partial charge in [-0.3, -0.25) is 0 Å². The summed E-state index contributed by atoms with van der Waals surface area (Å²) in [6.45, 7) is 0. The summed E-state index contributed by atoms with van der Waals surface area (Å²) >= 11 is 3.51. The SMILES string of the molecule is Brc1ccccc1Oc1ccccc1-c1ccccc1. The number of para-hydroxylation sites is 2. The van der Waals surface area contributed by atoms with Crippen molar-refractivity contribution < 1.29 is 4.74 Å². The highest BCUT2D eigenvalue weighted by Crippen LogP contribution is 2.35. The van der Waals surface area contributed by atoms with Gasteiger partial charge in [0.15, 0.2) is 0 Å². The van der Waals surface area contributed by atoms with E-state index >= 15 is 0 Å². The summed E-state index contributed by atoms with van der Waals surface area (Å²) < 4.78 is 6.99. The first-order chi connectivity index (χ1) is 9.84. The van der Waals surface area contributed by atoms with Crippen LogP contribution in [0, 0.1) is 0 Å². The Hall–Kier alpha value is -2.06. The lowest BCUT2D eigenvalue weighted by Gasteiger charge is -2.12. The zero-order valence-corrected chi connectivity index (χ0v) is 12.4. The second-order valence-corrected chi connectivity index (χ2v) is 5.25. The summed E-state index contributed by atoms with van der Waals surface area (Å²) in [6, 6.07) is 26.2. The van der Waals surface area contributed by atoms with Gasteiger partial charge >= 0.3 is 0 Å². The fraction of sp³-hybridized carbons (Fsp3) is 0. The monoisotopic (exact) mass is 324 g/mol. The molecule has 0 aliphatic heterocycles. The molecule has 0 radical (unpaired) electrons. The maximum absolute atomic E-state index is 6.05. The Kier molecular flexibility index (Phi) is 3.84. The molecule has 0 N–H and O–H groups in total. The normalized spacial score (nSPS) is 10.2. The first kappa shape index (κ1) is 12.9. The smallest absolute Gasteiger partial charge is 0.141 e. The van der Waals surface area contributed by atoms with Gasteiger partial charge in [0.05, 0.1) is 4.47 Å². The van der Waals surface area contributed by atoms with Gasteiger partial charge in [-0.05, 0) is 39.7 Å². The fourth-order valence-corrected chi connectivity index (χ4v) is 2.42. The van der Waals surface area contributed by atoms with Crippen molar-refractivity contribution in [1.29, 1.82) is 0 Å². The van der Waals surface area contributed by atoms with Gasteiger partial charge in [0.1, 0.15) is 11.5 Å². The highest BCUT2D eigenvalue weighted by Gasteiger charge is 2.07. The molecule has 0 aromatic heterocycles. The van der Waals surface area contributed by atoms with Gasteiger partial charge in [0, 0.05) is 5.56 Å². The largest absolute Gasteiger partial charge is 0.456 e. The van der Waals surface area contributed by atoms with Gasteiger partial charge in [-0.1, -0.05) is 60.7 Å². The number of rotatable bonds is 3. The molecular formula is C18H13BrO. The number of hydrogen-bond acceptors (Lipinski definition) is 1. The molecule has 0 saturated heterocycles. The molecule has 0 amide bonds. The lowest BCUT2D eigenvalue weighted by Crippen LogP contribution is -1.88. The summed E-state index contributed by atoms with van der Waals surface area (Å²) in [4.78, 5) is 0. The lowest BCUT2D eigenvalue weighted by atomic mass is 10.1. The van der Waals surface area contributed by atoms with E-state index in [4.69, 9.17) is 4.74 Å². The molecule has 0 fully saturated rings. The summed E-state index contributed by atoms with van der Waals surface area (Å²) in [5.41, 5.74) is 2.24. The van der Waals surface area contributed by atoms with Crippen LogP contribution < -0.4 is 4.74 Å². The summed E-state index contributed by atoms with van der Waals surface area (Å²) in [6.07, 6.45) is 0. The van der Waals surface area contributed by atoms with Crippen molar-refractivity contribution in [2.45, 2.75) is 0 Å². The Bertz CT molecular complexity index is 707. The summed E-state index contributed by atoms with van der Waals surface area (Å²) in [7, 11) is 0. The van der Waals surface area contributed by atoms with Crippen LogP contribution in [0.5, 0.6) is 11.5 Å². The van der Waals surface area contributed by atoms with Gasteiger partial charge < -0.3 is 4.74 Å². The standard InChI is InChI=1S/C18H13BrO/c19-16-11-5-7-13-18(16)20-17-12-6-4-10-15(17)14-8-2-1-3-9-14/h1-13H. The third kappa shape index (κ3) is 2.75. The van der Waals surface area contributed by atoms with Crippen LogP contribution in [0.2, 0.25) is 0 Å². The third-order valence-corrected chi connectivity index (χ3v) is 3.68. The van der Waals surface area contributed by atoms with Crippen LogP contribution in [0.3, 0.4) is 0 Å². The van der Waals surface area contributed by atoms with E-state index in [1.807, 2.05) is 60.7 Å². The Labute approximate surface area is 127 Å². The van der Waals surface area contributed by atoms with Gasteiger partial charge in [0.2, 0.25) is 0 Å². The van der Waals surface area contributed by atoms with Crippen LogP contribution in [0.1, 0.15) is 0 Å². The summed E-state index contributed by atoms with van der Waals surface area (Å²) in [5, 5.41) is 0. The number of halogens is 1. The fourth-order valence-electron chi connectivity index (χ4n) is 2.06. The Morgan fingerprint density at radius 3 is 1.95 bits per heavy atom. The van der Waals surface area contributed by atoms with Crippen LogP contribution >= 0.6 is 15.9 Å². The molecule has 0 saturated carbocycles. The molecule has 0 aliphatic rings. The molecule has 0 spiro atoms. The first-order valence-corrected chi connectivity index (χ1v) is 7.21. The molecule has 0 atom stereocenters. The summed E-state index contributed by atoms with van der Waals surface area (Å²) in [5.74, 6) is 1.67. The predicted molar refractivity (Wildman–Crippen MR) is 86.1 cm³/mol. The Balaban J connectivity index is 2.01. The van der Waals surface area contributed by atoms with E-state index < -0.39 is 0 Å².